The molecule has 2 atom stereocenters. The Bertz CT molecular complexity index is 669. The highest BCUT2D eigenvalue weighted by atomic mass is 15.3. The summed E-state index contributed by atoms with van der Waals surface area (Å²) in [5.74, 6) is 0.605. The number of aromatic nitrogens is 3. The first-order chi connectivity index (χ1) is 11.1. The van der Waals surface area contributed by atoms with Crippen molar-refractivity contribution in [3.63, 3.8) is 0 Å². The molecule has 2 unspecified atom stereocenters. The molecule has 122 valence electrons. The molecule has 4 heteroatoms. The molecule has 2 bridgehead atoms. The summed E-state index contributed by atoms with van der Waals surface area (Å²) < 4.78 is 2.02. The van der Waals surface area contributed by atoms with Crippen LogP contribution in [-0.2, 0) is 12.0 Å². The molecule has 0 spiro atoms. The topological polar surface area (TPSA) is 34.0 Å². The van der Waals surface area contributed by atoms with E-state index in [1.165, 1.54) is 44.5 Å². The van der Waals surface area contributed by atoms with Crippen molar-refractivity contribution < 1.29 is 0 Å². The van der Waals surface area contributed by atoms with Crippen molar-refractivity contribution in [2.24, 2.45) is 5.92 Å². The maximum atomic E-state index is 4.76. The largest absolute Gasteiger partial charge is 0.302 e. The summed E-state index contributed by atoms with van der Waals surface area (Å²) >= 11 is 0. The number of hydrogen-bond acceptors (Lipinski definition) is 3. The van der Waals surface area contributed by atoms with Gasteiger partial charge < -0.3 is 4.90 Å². The zero-order chi connectivity index (χ0) is 15.9. The van der Waals surface area contributed by atoms with Gasteiger partial charge in [-0.1, -0.05) is 19.9 Å². The smallest absolute Gasteiger partial charge is 0.0733 e. The van der Waals surface area contributed by atoms with Gasteiger partial charge in [0.25, 0.3) is 0 Å². The highest BCUT2D eigenvalue weighted by Gasteiger charge is 2.42. The highest BCUT2D eigenvalue weighted by Crippen LogP contribution is 2.42. The van der Waals surface area contributed by atoms with Crippen molar-refractivity contribution in [2.75, 3.05) is 19.6 Å². The quantitative estimate of drug-likeness (QED) is 0.868. The number of hydrogen-bond donors (Lipinski definition) is 0. The third-order valence-corrected chi connectivity index (χ3v) is 5.42. The van der Waals surface area contributed by atoms with Gasteiger partial charge in [-0.3, -0.25) is 9.67 Å². The predicted molar refractivity (Wildman–Crippen MR) is 92.3 cm³/mol. The highest BCUT2D eigenvalue weighted by molar-refractivity contribution is 5.57. The van der Waals surface area contributed by atoms with Gasteiger partial charge in [0.05, 0.1) is 11.9 Å². The molecule has 2 aliphatic heterocycles. The monoisotopic (exact) mass is 310 g/mol. The van der Waals surface area contributed by atoms with Crippen LogP contribution in [0.1, 0.15) is 38.7 Å². The fraction of sp³-hybridized carbons (Fsp3) is 0.579. The zero-order valence-electron chi connectivity index (χ0n) is 14.2. The number of nitrogens with zero attached hydrogens (tertiary/aromatic N) is 4. The first kappa shape index (κ1) is 14.9. The summed E-state index contributed by atoms with van der Waals surface area (Å²) in [4.78, 5) is 7.36. The van der Waals surface area contributed by atoms with Crippen molar-refractivity contribution in [1.82, 2.24) is 19.7 Å². The minimum Gasteiger partial charge on any atom is -0.302 e. The molecule has 0 aliphatic carbocycles. The summed E-state index contributed by atoms with van der Waals surface area (Å²) in [6, 6.07) is 4.48. The van der Waals surface area contributed by atoms with E-state index in [0.717, 1.165) is 17.8 Å². The fourth-order valence-electron chi connectivity index (χ4n) is 4.22. The van der Waals surface area contributed by atoms with Crippen molar-refractivity contribution in [3.05, 3.63) is 36.3 Å². The standard InChI is InChI=1S/C19H26N4/c1-15(2)12-23-13-16(10-21-23)18-5-4-17(11-20-18)19-6-3-8-22(14-19)9-7-19/h4-5,10-11,13,15H,3,6-9,12,14H2,1-2H3. The Kier molecular flexibility index (Phi) is 3.72. The molecule has 0 radical (unpaired) electrons. The van der Waals surface area contributed by atoms with Gasteiger partial charge in [-0.2, -0.15) is 5.10 Å². The second-order valence-corrected chi connectivity index (χ2v) is 7.69. The maximum Gasteiger partial charge on any atom is 0.0733 e. The minimum atomic E-state index is 0.367. The lowest BCUT2D eigenvalue weighted by atomic mass is 9.75. The summed E-state index contributed by atoms with van der Waals surface area (Å²) in [6.07, 6.45) is 10.1. The van der Waals surface area contributed by atoms with Crippen LogP contribution in [-0.4, -0.2) is 39.3 Å². The lowest BCUT2D eigenvalue weighted by molar-refractivity contribution is 0.243. The molecule has 0 aromatic carbocycles. The van der Waals surface area contributed by atoms with Crippen LogP contribution in [0.2, 0.25) is 0 Å². The van der Waals surface area contributed by atoms with Gasteiger partial charge in [0, 0.05) is 36.5 Å². The van der Waals surface area contributed by atoms with E-state index < -0.39 is 0 Å². The van der Waals surface area contributed by atoms with E-state index in [1.807, 2.05) is 10.9 Å². The summed E-state index contributed by atoms with van der Waals surface area (Å²) in [5, 5.41) is 4.45. The summed E-state index contributed by atoms with van der Waals surface area (Å²) in [6.45, 7) is 9.13. The lowest BCUT2D eigenvalue weighted by Crippen LogP contribution is -2.36. The molecule has 2 aliphatic rings. The Morgan fingerprint density at radius 1 is 1.17 bits per heavy atom. The van der Waals surface area contributed by atoms with Crippen LogP contribution in [0, 0.1) is 5.92 Å². The molecule has 4 rings (SSSR count). The SMILES string of the molecule is CC(C)Cn1cc(-c2ccc(C34CCCN(CC3)C4)cn2)cn1. The van der Waals surface area contributed by atoms with Gasteiger partial charge in [0.1, 0.15) is 0 Å². The molecule has 4 nitrogen and oxygen atoms in total. The average molecular weight is 310 g/mol. The second-order valence-electron chi connectivity index (χ2n) is 7.69. The Labute approximate surface area is 138 Å². The van der Waals surface area contributed by atoms with Crippen LogP contribution >= 0.6 is 0 Å². The van der Waals surface area contributed by atoms with Crippen LogP contribution in [0.4, 0.5) is 0 Å². The molecule has 2 fully saturated rings. The van der Waals surface area contributed by atoms with Gasteiger partial charge in [-0.25, -0.2) is 0 Å². The Hall–Kier alpha value is -1.68. The van der Waals surface area contributed by atoms with Crippen molar-refractivity contribution in [1.29, 1.82) is 0 Å². The molecule has 2 aromatic heterocycles. The average Bonchev–Trinajstić information content (AvgIpc) is 3.12. The van der Waals surface area contributed by atoms with Gasteiger partial charge in [-0.05, 0) is 49.9 Å². The van der Waals surface area contributed by atoms with E-state index in [1.54, 1.807) is 0 Å². The molecule has 0 amide bonds. The molecule has 0 saturated carbocycles. The molecule has 2 aromatic rings. The van der Waals surface area contributed by atoms with Gasteiger partial charge >= 0.3 is 0 Å². The number of rotatable bonds is 4. The molecule has 4 heterocycles. The van der Waals surface area contributed by atoms with Crippen molar-refractivity contribution in [3.8, 4) is 11.3 Å². The lowest BCUT2D eigenvalue weighted by Gasteiger charge is -2.34. The van der Waals surface area contributed by atoms with Gasteiger partial charge in [0.2, 0.25) is 0 Å². The Morgan fingerprint density at radius 3 is 2.87 bits per heavy atom. The second kappa shape index (κ2) is 5.75. The van der Waals surface area contributed by atoms with E-state index in [9.17, 15) is 0 Å². The van der Waals surface area contributed by atoms with Crippen LogP contribution in [0.3, 0.4) is 0 Å². The first-order valence-corrected chi connectivity index (χ1v) is 8.86. The third kappa shape index (κ3) is 2.80. The van der Waals surface area contributed by atoms with E-state index in [2.05, 4.69) is 48.4 Å². The van der Waals surface area contributed by atoms with Crippen LogP contribution in [0.25, 0.3) is 11.3 Å². The van der Waals surface area contributed by atoms with Gasteiger partial charge in [0.15, 0.2) is 0 Å². The maximum absolute atomic E-state index is 4.76. The summed E-state index contributed by atoms with van der Waals surface area (Å²) in [5.41, 5.74) is 3.95. The molecule has 2 saturated heterocycles. The summed E-state index contributed by atoms with van der Waals surface area (Å²) in [7, 11) is 0. The van der Waals surface area contributed by atoms with Gasteiger partial charge in [-0.15, -0.1) is 0 Å². The molecule has 0 N–H and O–H groups in total. The fourth-order valence-corrected chi connectivity index (χ4v) is 4.22. The third-order valence-electron chi connectivity index (χ3n) is 5.42. The van der Waals surface area contributed by atoms with Crippen LogP contribution in [0.5, 0.6) is 0 Å². The number of pyridine rings is 1. The molecule has 23 heavy (non-hydrogen) atoms. The van der Waals surface area contributed by atoms with Crippen LogP contribution < -0.4 is 0 Å². The van der Waals surface area contributed by atoms with E-state index >= 15 is 0 Å². The molecular formula is C19H26N4. The first-order valence-electron chi connectivity index (χ1n) is 8.86. The van der Waals surface area contributed by atoms with Crippen LogP contribution in [0.15, 0.2) is 30.7 Å². The number of piperidine rings is 1. The number of fused-ring (bicyclic) bond motifs is 2. The van der Waals surface area contributed by atoms with E-state index in [-0.39, 0.29) is 0 Å². The zero-order valence-corrected chi connectivity index (χ0v) is 14.2. The Morgan fingerprint density at radius 2 is 2.09 bits per heavy atom. The minimum absolute atomic E-state index is 0.367. The normalized spacial score (nSPS) is 26.8. The van der Waals surface area contributed by atoms with Crippen molar-refractivity contribution >= 4 is 0 Å². The Balaban J connectivity index is 1.55. The van der Waals surface area contributed by atoms with E-state index in [0.29, 0.717) is 11.3 Å². The predicted octanol–water partition coefficient (Wildman–Crippen LogP) is 3.34. The van der Waals surface area contributed by atoms with E-state index in [4.69, 9.17) is 4.98 Å². The molecular weight excluding hydrogens is 284 g/mol. The van der Waals surface area contributed by atoms with Crippen molar-refractivity contribution in [2.45, 2.75) is 45.1 Å².